The second kappa shape index (κ2) is 6.70. The van der Waals surface area contributed by atoms with Crippen molar-refractivity contribution in [2.75, 3.05) is 6.54 Å². The largest absolute Gasteiger partial charge is 0.356 e. The van der Waals surface area contributed by atoms with E-state index in [9.17, 15) is 4.79 Å². The molecule has 0 saturated carbocycles. The highest BCUT2D eigenvalue weighted by Crippen LogP contribution is 2.55. The normalized spacial score (nSPS) is 22.0. The van der Waals surface area contributed by atoms with Gasteiger partial charge in [-0.2, -0.15) is 0 Å². The average Bonchev–Trinajstić information content (AvgIpc) is 2.74. The Morgan fingerprint density at radius 3 is 1.96 bits per heavy atom. The summed E-state index contributed by atoms with van der Waals surface area (Å²) < 4.78 is 0. The maximum absolute atomic E-state index is 13.1. The molecule has 0 spiro atoms. The van der Waals surface area contributed by atoms with Gasteiger partial charge in [-0.1, -0.05) is 78.9 Å². The van der Waals surface area contributed by atoms with Gasteiger partial charge in [-0.3, -0.25) is 4.79 Å². The molecular formula is C25H23NO. The number of fused-ring (bicyclic) bond motifs is 1. The van der Waals surface area contributed by atoms with E-state index in [4.69, 9.17) is 0 Å². The van der Waals surface area contributed by atoms with E-state index in [2.05, 4.69) is 66.0 Å². The van der Waals surface area contributed by atoms with Gasteiger partial charge in [0.15, 0.2) is 0 Å². The lowest BCUT2D eigenvalue weighted by Gasteiger charge is -2.44. The Balaban J connectivity index is 1.39. The van der Waals surface area contributed by atoms with E-state index >= 15 is 0 Å². The van der Waals surface area contributed by atoms with Crippen LogP contribution in [0.4, 0.5) is 0 Å². The van der Waals surface area contributed by atoms with Crippen molar-refractivity contribution in [3.8, 4) is 0 Å². The van der Waals surface area contributed by atoms with Crippen molar-refractivity contribution in [3.63, 3.8) is 0 Å². The van der Waals surface area contributed by atoms with E-state index in [1.165, 1.54) is 27.8 Å². The Hall–Kier alpha value is -2.87. The molecule has 0 heterocycles. The van der Waals surface area contributed by atoms with Gasteiger partial charge < -0.3 is 5.32 Å². The number of rotatable bonds is 4. The molecule has 2 nitrogen and oxygen atoms in total. The maximum atomic E-state index is 13.1. The van der Waals surface area contributed by atoms with Crippen LogP contribution in [0, 0.1) is 5.92 Å². The monoisotopic (exact) mass is 353 g/mol. The summed E-state index contributed by atoms with van der Waals surface area (Å²) in [6.07, 6.45) is 1.79. The highest BCUT2D eigenvalue weighted by atomic mass is 16.1. The Bertz CT molecular complexity index is 931. The quantitative estimate of drug-likeness (QED) is 0.727. The molecule has 1 N–H and O–H groups in total. The van der Waals surface area contributed by atoms with Crippen LogP contribution in [-0.4, -0.2) is 12.5 Å². The molecule has 1 unspecified atom stereocenters. The fourth-order valence-electron chi connectivity index (χ4n) is 5.00. The Labute approximate surface area is 160 Å². The SMILES string of the molecule is O=C(NCCc1ccccc1)C1CC2c3ccccc3C1c1ccccc12. The number of carbonyl (C=O) groups excluding carboxylic acids is 1. The topological polar surface area (TPSA) is 29.1 Å². The molecule has 0 aromatic heterocycles. The fraction of sp³-hybridized carbons (Fsp3) is 0.240. The molecule has 6 rings (SSSR count). The van der Waals surface area contributed by atoms with E-state index in [0.717, 1.165) is 12.8 Å². The van der Waals surface area contributed by atoms with Crippen molar-refractivity contribution in [2.24, 2.45) is 5.92 Å². The Morgan fingerprint density at radius 2 is 1.33 bits per heavy atom. The molecule has 2 bridgehead atoms. The van der Waals surface area contributed by atoms with E-state index in [1.54, 1.807) is 0 Å². The van der Waals surface area contributed by atoms with Crippen LogP contribution in [-0.2, 0) is 11.2 Å². The molecule has 2 heteroatoms. The summed E-state index contributed by atoms with van der Waals surface area (Å²) in [4.78, 5) is 13.1. The van der Waals surface area contributed by atoms with Gasteiger partial charge in [0, 0.05) is 24.3 Å². The third kappa shape index (κ3) is 2.76. The van der Waals surface area contributed by atoms with Crippen LogP contribution in [0.5, 0.6) is 0 Å². The predicted octanol–water partition coefficient (Wildman–Crippen LogP) is 4.64. The van der Waals surface area contributed by atoms with Gasteiger partial charge in [-0.15, -0.1) is 0 Å². The zero-order valence-corrected chi connectivity index (χ0v) is 15.3. The fourth-order valence-corrected chi connectivity index (χ4v) is 5.00. The second-order valence-electron chi connectivity index (χ2n) is 7.66. The number of carbonyl (C=O) groups is 1. The Morgan fingerprint density at radius 1 is 0.778 bits per heavy atom. The van der Waals surface area contributed by atoms with E-state index in [-0.39, 0.29) is 17.7 Å². The predicted molar refractivity (Wildman–Crippen MR) is 108 cm³/mol. The van der Waals surface area contributed by atoms with Crippen LogP contribution < -0.4 is 5.32 Å². The summed E-state index contributed by atoms with van der Waals surface area (Å²) in [5, 5.41) is 3.21. The summed E-state index contributed by atoms with van der Waals surface area (Å²) in [6.45, 7) is 0.694. The number of amides is 1. The van der Waals surface area contributed by atoms with Gasteiger partial charge in [-0.25, -0.2) is 0 Å². The van der Waals surface area contributed by atoms with E-state index < -0.39 is 0 Å². The maximum Gasteiger partial charge on any atom is 0.224 e. The third-order valence-corrected chi connectivity index (χ3v) is 6.20. The molecule has 1 amide bonds. The van der Waals surface area contributed by atoms with Gasteiger partial charge in [0.1, 0.15) is 0 Å². The second-order valence-corrected chi connectivity index (χ2v) is 7.66. The third-order valence-electron chi connectivity index (χ3n) is 6.20. The summed E-state index contributed by atoms with van der Waals surface area (Å²) in [5.41, 5.74) is 6.77. The van der Waals surface area contributed by atoms with Crippen LogP contribution in [0.2, 0.25) is 0 Å². The van der Waals surface area contributed by atoms with E-state index in [1.807, 2.05) is 18.2 Å². The molecule has 134 valence electrons. The molecule has 3 aromatic rings. The summed E-state index contributed by atoms with van der Waals surface area (Å²) in [5.74, 6) is 0.743. The molecule has 0 radical (unpaired) electrons. The molecule has 27 heavy (non-hydrogen) atoms. The van der Waals surface area contributed by atoms with Crippen molar-refractivity contribution in [3.05, 3.63) is 107 Å². The van der Waals surface area contributed by atoms with Crippen LogP contribution in [0.25, 0.3) is 0 Å². The van der Waals surface area contributed by atoms with Crippen LogP contribution in [0.1, 0.15) is 46.1 Å². The number of hydrogen-bond donors (Lipinski definition) is 1. The first-order valence-corrected chi connectivity index (χ1v) is 9.82. The molecule has 3 aliphatic rings. The lowest BCUT2D eigenvalue weighted by atomic mass is 9.59. The van der Waals surface area contributed by atoms with Crippen molar-refractivity contribution in [1.29, 1.82) is 0 Å². The standard InChI is InChI=1S/C25H23NO/c27-25(26-15-14-17-8-2-1-3-9-17)23-16-22-18-10-4-6-12-20(18)24(23)21-13-7-5-11-19(21)22/h1-13,22-24H,14-16H2,(H,26,27). The van der Waals surface area contributed by atoms with Gasteiger partial charge in [0.2, 0.25) is 5.91 Å². The van der Waals surface area contributed by atoms with Crippen molar-refractivity contribution >= 4 is 5.91 Å². The van der Waals surface area contributed by atoms with Crippen molar-refractivity contribution in [1.82, 2.24) is 5.32 Å². The molecule has 1 atom stereocenters. The minimum atomic E-state index is 0.0237. The van der Waals surface area contributed by atoms with E-state index in [0.29, 0.717) is 12.5 Å². The first-order valence-electron chi connectivity index (χ1n) is 9.82. The van der Waals surface area contributed by atoms with Gasteiger partial charge >= 0.3 is 0 Å². The zero-order chi connectivity index (χ0) is 18.2. The summed E-state index contributed by atoms with van der Waals surface area (Å²) >= 11 is 0. The Kier molecular flexibility index (Phi) is 4.05. The molecule has 0 saturated heterocycles. The first kappa shape index (κ1) is 16.3. The number of hydrogen-bond acceptors (Lipinski definition) is 1. The highest BCUT2D eigenvalue weighted by molar-refractivity contribution is 5.82. The molecule has 3 aromatic carbocycles. The average molecular weight is 353 g/mol. The molecule has 0 fully saturated rings. The van der Waals surface area contributed by atoms with Gasteiger partial charge in [-0.05, 0) is 40.7 Å². The lowest BCUT2D eigenvalue weighted by molar-refractivity contribution is -0.126. The van der Waals surface area contributed by atoms with Crippen molar-refractivity contribution < 1.29 is 4.79 Å². The minimum absolute atomic E-state index is 0.0237. The molecule has 3 aliphatic carbocycles. The highest BCUT2D eigenvalue weighted by Gasteiger charge is 2.45. The minimum Gasteiger partial charge on any atom is -0.356 e. The van der Waals surface area contributed by atoms with Gasteiger partial charge in [0.05, 0.1) is 0 Å². The zero-order valence-electron chi connectivity index (χ0n) is 15.3. The summed E-state index contributed by atoms with van der Waals surface area (Å²) in [6, 6.07) is 27.7. The summed E-state index contributed by atoms with van der Waals surface area (Å²) in [7, 11) is 0. The first-order chi connectivity index (χ1) is 13.3. The molecular weight excluding hydrogens is 330 g/mol. The lowest BCUT2D eigenvalue weighted by Crippen LogP contribution is -2.42. The smallest absolute Gasteiger partial charge is 0.224 e. The van der Waals surface area contributed by atoms with Crippen LogP contribution in [0.15, 0.2) is 78.9 Å². The van der Waals surface area contributed by atoms with Crippen LogP contribution >= 0.6 is 0 Å². The number of nitrogens with one attached hydrogen (secondary N) is 1. The van der Waals surface area contributed by atoms with Crippen molar-refractivity contribution in [2.45, 2.75) is 24.7 Å². The molecule has 0 aliphatic heterocycles. The van der Waals surface area contributed by atoms with Gasteiger partial charge in [0.25, 0.3) is 0 Å². The number of benzene rings is 3. The van der Waals surface area contributed by atoms with Crippen LogP contribution in [0.3, 0.4) is 0 Å².